The number of hydrogen-bond acceptors (Lipinski definition) is 5. The Morgan fingerprint density at radius 2 is 2.25 bits per heavy atom. The molecular formula is C13H11ClN4OS. The van der Waals surface area contributed by atoms with Crippen LogP contribution in [0.5, 0.6) is 0 Å². The first kappa shape index (κ1) is 14.3. The number of nitrogens with two attached hydrogens (primary N) is 1. The van der Waals surface area contributed by atoms with E-state index in [1.54, 1.807) is 0 Å². The molecule has 0 radical (unpaired) electrons. The van der Waals surface area contributed by atoms with E-state index < -0.39 is 5.91 Å². The van der Waals surface area contributed by atoms with Crippen LogP contribution in [0.25, 0.3) is 0 Å². The van der Waals surface area contributed by atoms with E-state index in [2.05, 4.69) is 16.4 Å². The summed E-state index contributed by atoms with van der Waals surface area (Å²) in [6.07, 6.45) is 1.33. The second-order valence-corrected chi connectivity index (χ2v) is 5.76. The Kier molecular flexibility index (Phi) is 3.93. The molecule has 0 aliphatic rings. The van der Waals surface area contributed by atoms with Gasteiger partial charge in [0.2, 0.25) is 0 Å². The molecule has 3 N–H and O–H groups in total. The molecule has 0 saturated carbocycles. The maximum atomic E-state index is 12.2. The fraction of sp³-hybridized carbons (Fsp3) is 0.154. The van der Waals surface area contributed by atoms with E-state index in [-0.39, 0.29) is 16.4 Å². The number of nitrogens with zero attached hydrogens (tertiary/aromatic N) is 2. The lowest BCUT2D eigenvalue weighted by molar-refractivity contribution is 0.102. The Morgan fingerprint density at radius 3 is 2.90 bits per heavy atom. The number of carbonyl (C=O) groups is 1. The summed E-state index contributed by atoms with van der Waals surface area (Å²) in [4.78, 5) is 17.0. The molecule has 0 aliphatic heterocycles. The number of pyridine rings is 1. The fourth-order valence-electron chi connectivity index (χ4n) is 1.66. The molecule has 1 amide bonds. The van der Waals surface area contributed by atoms with Crippen molar-refractivity contribution in [3.8, 4) is 6.07 Å². The highest BCUT2D eigenvalue weighted by Gasteiger charge is 2.17. The lowest BCUT2D eigenvalue weighted by atomic mass is 10.2. The lowest BCUT2D eigenvalue weighted by Crippen LogP contribution is -2.14. The Morgan fingerprint density at radius 1 is 1.55 bits per heavy atom. The fourth-order valence-corrected chi connectivity index (χ4v) is 2.82. The number of aromatic nitrogens is 1. The molecule has 0 atom stereocenters. The molecule has 0 unspecified atom stereocenters. The van der Waals surface area contributed by atoms with Gasteiger partial charge in [-0.15, -0.1) is 11.3 Å². The number of halogens is 1. The number of nitrogen functional groups attached to an aromatic ring is 1. The first-order valence-electron chi connectivity index (χ1n) is 5.66. The highest BCUT2D eigenvalue weighted by atomic mass is 35.5. The normalized spacial score (nSPS) is 10.1. The number of carbonyl (C=O) groups excluding carboxylic acids is 1. The summed E-state index contributed by atoms with van der Waals surface area (Å²) in [5.74, 6) is -0.412. The van der Waals surface area contributed by atoms with Gasteiger partial charge in [-0.2, -0.15) is 5.26 Å². The van der Waals surface area contributed by atoms with Gasteiger partial charge in [-0.1, -0.05) is 11.6 Å². The summed E-state index contributed by atoms with van der Waals surface area (Å²) in [5, 5.41) is 12.5. The first-order valence-corrected chi connectivity index (χ1v) is 6.86. The second kappa shape index (κ2) is 5.49. The third-order valence-electron chi connectivity index (χ3n) is 2.87. The SMILES string of the molecule is Cc1sc(NC(=O)c2cc(Cl)ncc2N)c(C#N)c1C. The number of aryl methyl sites for hydroxylation is 1. The number of hydrogen-bond donors (Lipinski definition) is 2. The first-order chi connectivity index (χ1) is 9.43. The van der Waals surface area contributed by atoms with E-state index in [4.69, 9.17) is 22.6 Å². The molecule has 0 saturated heterocycles. The van der Waals surface area contributed by atoms with E-state index in [1.807, 2.05) is 13.8 Å². The smallest absolute Gasteiger partial charge is 0.258 e. The van der Waals surface area contributed by atoms with Crippen LogP contribution in [0.4, 0.5) is 10.7 Å². The van der Waals surface area contributed by atoms with Crippen molar-refractivity contribution in [2.24, 2.45) is 0 Å². The van der Waals surface area contributed by atoms with Crippen LogP contribution < -0.4 is 11.1 Å². The van der Waals surface area contributed by atoms with Crippen LogP contribution in [0.3, 0.4) is 0 Å². The van der Waals surface area contributed by atoms with Crippen molar-refractivity contribution in [3.63, 3.8) is 0 Å². The monoisotopic (exact) mass is 306 g/mol. The van der Waals surface area contributed by atoms with Crippen LogP contribution in [-0.4, -0.2) is 10.9 Å². The van der Waals surface area contributed by atoms with Gasteiger partial charge < -0.3 is 11.1 Å². The summed E-state index contributed by atoms with van der Waals surface area (Å²) >= 11 is 7.11. The summed E-state index contributed by atoms with van der Waals surface area (Å²) in [7, 11) is 0. The number of rotatable bonds is 2. The number of nitriles is 1. The van der Waals surface area contributed by atoms with Crippen LogP contribution in [0.15, 0.2) is 12.3 Å². The van der Waals surface area contributed by atoms with Crippen molar-refractivity contribution in [3.05, 3.63) is 39.0 Å². The quantitative estimate of drug-likeness (QED) is 0.834. The molecule has 5 nitrogen and oxygen atoms in total. The number of anilines is 2. The van der Waals surface area contributed by atoms with Crippen molar-refractivity contribution < 1.29 is 4.79 Å². The standard InChI is InChI=1S/C13H11ClN4OS/c1-6-7(2)20-13(9(6)4-15)18-12(19)8-3-11(14)17-5-10(8)16/h3,5H,16H2,1-2H3,(H,18,19). The number of nitrogens with one attached hydrogen (secondary N) is 1. The Hall–Kier alpha value is -2.10. The van der Waals surface area contributed by atoms with E-state index in [9.17, 15) is 4.79 Å². The largest absolute Gasteiger partial charge is 0.397 e. The maximum Gasteiger partial charge on any atom is 0.258 e. The molecule has 0 bridgehead atoms. The van der Waals surface area contributed by atoms with Crippen LogP contribution in [0, 0.1) is 25.2 Å². The predicted octanol–water partition coefficient (Wildman–Crippen LogP) is 3.12. The molecule has 102 valence electrons. The Bertz CT molecular complexity index is 733. The summed E-state index contributed by atoms with van der Waals surface area (Å²) in [5.41, 5.74) is 7.51. The van der Waals surface area contributed by atoms with Gasteiger partial charge in [-0.25, -0.2) is 4.98 Å². The predicted molar refractivity (Wildman–Crippen MR) is 80.1 cm³/mol. The molecule has 0 aliphatic carbocycles. The van der Waals surface area contributed by atoms with Crippen LogP contribution in [0.1, 0.15) is 26.4 Å². The average Bonchev–Trinajstić information content (AvgIpc) is 2.67. The van der Waals surface area contributed by atoms with E-state index in [0.717, 1.165) is 10.4 Å². The third kappa shape index (κ3) is 2.59. The Balaban J connectivity index is 2.36. The van der Waals surface area contributed by atoms with Crippen molar-refractivity contribution in [2.75, 3.05) is 11.1 Å². The molecule has 2 aromatic rings. The number of thiophene rings is 1. The van der Waals surface area contributed by atoms with Gasteiger partial charge in [-0.05, 0) is 25.5 Å². The maximum absolute atomic E-state index is 12.2. The molecule has 2 heterocycles. The van der Waals surface area contributed by atoms with Crippen molar-refractivity contribution >= 4 is 39.5 Å². The third-order valence-corrected chi connectivity index (χ3v) is 4.20. The zero-order valence-corrected chi connectivity index (χ0v) is 12.4. The molecule has 2 rings (SSSR count). The summed E-state index contributed by atoms with van der Waals surface area (Å²) in [6, 6.07) is 3.49. The minimum atomic E-state index is -0.412. The molecule has 2 aromatic heterocycles. The topological polar surface area (TPSA) is 91.8 Å². The number of amides is 1. The molecule has 0 aromatic carbocycles. The highest BCUT2D eigenvalue weighted by molar-refractivity contribution is 7.16. The molecule has 0 spiro atoms. The van der Waals surface area contributed by atoms with Crippen LogP contribution in [-0.2, 0) is 0 Å². The molecule has 7 heteroatoms. The van der Waals surface area contributed by atoms with E-state index in [0.29, 0.717) is 10.6 Å². The van der Waals surface area contributed by atoms with Gasteiger partial charge >= 0.3 is 0 Å². The van der Waals surface area contributed by atoms with Crippen molar-refractivity contribution in [1.29, 1.82) is 5.26 Å². The zero-order valence-electron chi connectivity index (χ0n) is 10.8. The van der Waals surface area contributed by atoms with Gasteiger partial charge in [-0.3, -0.25) is 4.79 Å². The van der Waals surface area contributed by atoms with Gasteiger partial charge in [0, 0.05) is 4.88 Å². The van der Waals surface area contributed by atoms with Gasteiger partial charge in [0.25, 0.3) is 5.91 Å². The van der Waals surface area contributed by atoms with Gasteiger partial charge in [0.1, 0.15) is 16.2 Å². The molecule has 0 fully saturated rings. The van der Waals surface area contributed by atoms with Crippen LogP contribution in [0.2, 0.25) is 5.15 Å². The van der Waals surface area contributed by atoms with Crippen LogP contribution >= 0.6 is 22.9 Å². The lowest BCUT2D eigenvalue weighted by Gasteiger charge is -2.06. The van der Waals surface area contributed by atoms with Crippen molar-refractivity contribution in [2.45, 2.75) is 13.8 Å². The van der Waals surface area contributed by atoms with Crippen molar-refractivity contribution in [1.82, 2.24) is 4.98 Å². The second-order valence-electron chi connectivity index (χ2n) is 4.15. The zero-order chi connectivity index (χ0) is 14.9. The van der Waals surface area contributed by atoms with E-state index in [1.165, 1.54) is 23.6 Å². The van der Waals surface area contributed by atoms with Gasteiger partial charge in [0.15, 0.2) is 0 Å². The minimum Gasteiger partial charge on any atom is -0.397 e. The minimum absolute atomic E-state index is 0.184. The van der Waals surface area contributed by atoms with E-state index >= 15 is 0 Å². The average molecular weight is 307 g/mol. The summed E-state index contributed by atoms with van der Waals surface area (Å²) < 4.78 is 0. The summed E-state index contributed by atoms with van der Waals surface area (Å²) in [6.45, 7) is 3.74. The van der Waals surface area contributed by atoms with Gasteiger partial charge in [0.05, 0.1) is 23.0 Å². The molecule has 20 heavy (non-hydrogen) atoms. The highest BCUT2D eigenvalue weighted by Crippen LogP contribution is 2.32. The Labute approximate surface area is 125 Å². The molecular weight excluding hydrogens is 296 g/mol.